The molecule has 2 rings (SSSR count). The van der Waals surface area contributed by atoms with E-state index in [1.807, 2.05) is 14.0 Å². The zero-order valence-corrected chi connectivity index (χ0v) is 13.0. The van der Waals surface area contributed by atoms with E-state index in [2.05, 4.69) is 19.9 Å². The lowest BCUT2D eigenvalue weighted by Gasteiger charge is -2.13. The number of hydrogen-bond donors (Lipinski definition) is 2. The van der Waals surface area contributed by atoms with Crippen LogP contribution in [0, 0.1) is 0 Å². The molecule has 110 valence electrons. The van der Waals surface area contributed by atoms with Crippen LogP contribution in [0.15, 0.2) is 11.2 Å². The maximum atomic E-state index is 12.1. The second-order valence-corrected chi connectivity index (χ2v) is 7.28. The fourth-order valence-corrected chi connectivity index (χ4v) is 4.02. The molecular weight excluding hydrogens is 300 g/mol. The Balaban J connectivity index is 2.34. The summed E-state index contributed by atoms with van der Waals surface area (Å²) in [6.07, 6.45) is 1.58. The molecule has 1 unspecified atom stereocenters. The summed E-state index contributed by atoms with van der Waals surface area (Å²) >= 11 is 1.03. The first-order valence-electron chi connectivity index (χ1n) is 5.95. The summed E-state index contributed by atoms with van der Waals surface area (Å²) in [6.45, 7) is 3.44. The van der Waals surface area contributed by atoms with E-state index in [4.69, 9.17) is 5.73 Å². The molecule has 0 aromatic carbocycles. The molecule has 2 aromatic rings. The molecule has 0 amide bonds. The highest BCUT2D eigenvalue weighted by atomic mass is 32.2. The normalized spacial score (nSPS) is 13.3. The average Bonchev–Trinajstić information content (AvgIpc) is 2.96. The average molecular weight is 316 g/mol. The van der Waals surface area contributed by atoms with Gasteiger partial charge in [-0.15, -0.1) is 10.2 Å². The number of anilines is 2. The van der Waals surface area contributed by atoms with Crippen LogP contribution in [0.1, 0.15) is 25.7 Å². The Morgan fingerprint density at radius 1 is 1.55 bits per heavy atom. The number of nitrogens with one attached hydrogen (secondary N) is 1. The smallest absolute Gasteiger partial charge is 0.184 e. The van der Waals surface area contributed by atoms with Crippen LogP contribution in [0.2, 0.25) is 0 Å². The lowest BCUT2D eigenvalue weighted by molar-refractivity contribution is 0.598. The van der Waals surface area contributed by atoms with Gasteiger partial charge in [0.2, 0.25) is 0 Å². The van der Waals surface area contributed by atoms with Crippen molar-refractivity contribution in [2.24, 2.45) is 7.05 Å². The van der Waals surface area contributed by atoms with Crippen molar-refractivity contribution in [3.8, 4) is 0 Å². The van der Waals surface area contributed by atoms with Crippen molar-refractivity contribution in [1.82, 2.24) is 19.1 Å². The number of aromatic nitrogens is 4. The predicted octanol–water partition coefficient (Wildman–Crippen LogP) is 0.820. The topological polar surface area (TPSA) is 116 Å². The maximum Gasteiger partial charge on any atom is 0.184 e. The van der Waals surface area contributed by atoms with Gasteiger partial charge >= 0.3 is 0 Å². The fourth-order valence-electron chi connectivity index (χ4n) is 1.78. The van der Waals surface area contributed by atoms with Crippen molar-refractivity contribution >= 4 is 32.2 Å². The van der Waals surface area contributed by atoms with Gasteiger partial charge in [0.05, 0.1) is 11.8 Å². The summed E-state index contributed by atoms with van der Waals surface area (Å²) in [5, 5.41) is 11.3. The van der Waals surface area contributed by atoms with Crippen molar-refractivity contribution in [1.29, 1.82) is 0 Å². The van der Waals surface area contributed by atoms with Crippen LogP contribution in [0.25, 0.3) is 0 Å². The number of hydrogen-bond acceptors (Lipinski definition) is 8. The molecule has 0 spiro atoms. The summed E-state index contributed by atoms with van der Waals surface area (Å²) in [4.78, 5) is 0.0685. The van der Waals surface area contributed by atoms with Gasteiger partial charge in [0.25, 0.3) is 0 Å². The molecule has 0 radical (unpaired) electrons. The summed E-state index contributed by atoms with van der Waals surface area (Å²) in [5.41, 5.74) is 5.67. The zero-order chi connectivity index (χ0) is 14.9. The highest BCUT2D eigenvalue weighted by Crippen LogP contribution is 2.34. The van der Waals surface area contributed by atoms with E-state index in [0.29, 0.717) is 10.8 Å². The summed E-state index contributed by atoms with van der Waals surface area (Å²) in [6, 6.07) is -0.215. The van der Waals surface area contributed by atoms with E-state index in [-0.39, 0.29) is 22.5 Å². The second-order valence-electron chi connectivity index (χ2n) is 4.30. The monoisotopic (exact) mass is 316 g/mol. The van der Waals surface area contributed by atoms with E-state index >= 15 is 0 Å². The number of rotatable bonds is 5. The molecule has 0 fully saturated rings. The Morgan fingerprint density at radius 3 is 2.80 bits per heavy atom. The Morgan fingerprint density at radius 2 is 2.25 bits per heavy atom. The first kappa shape index (κ1) is 14.7. The van der Waals surface area contributed by atoms with Gasteiger partial charge in [-0.2, -0.15) is 4.37 Å². The van der Waals surface area contributed by atoms with Gasteiger partial charge in [0.1, 0.15) is 16.2 Å². The first-order chi connectivity index (χ1) is 9.36. The minimum atomic E-state index is -3.42. The van der Waals surface area contributed by atoms with Gasteiger partial charge in [0, 0.05) is 7.05 Å². The van der Waals surface area contributed by atoms with Crippen LogP contribution in [-0.2, 0) is 16.9 Å². The lowest BCUT2D eigenvalue weighted by Crippen LogP contribution is -2.14. The Kier molecular flexibility index (Phi) is 3.95. The Labute approximate surface area is 121 Å². The van der Waals surface area contributed by atoms with Crippen LogP contribution in [0.5, 0.6) is 0 Å². The third kappa shape index (κ3) is 2.61. The third-order valence-electron chi connectivity index (χ3n) is 2.85. The zero-order valence-electron chi connectivity index (χ0n) is 11.4. The van der Waals surface area contributed by atoms with Gasteiger partial charge in [-0.05, 0) is 18.5 Å². The number of nitrogens with zero attached hydrogens (tertiary/aromatic N) is 4. The molecule has 0 aliphatic heterocycles. The van der Waals surface area contributed by atoms with Crippen molar-refractivity contribution in [3.63, 3.8) is 0 Å². The largest absolute Gasteiger partial charge is 0.382 e. The summed E-state index contributed by atoms with van der Waals surface area (Å²) in [7, 11) is -1.61. The lowest BCUT2D eigenvalue weighted by atomic mass is 10.3. The quantitative estimate of drug-likeness (QED) is 0.838. The third-order valence-corrected chi connectivity index (χ3v) is 5.56. The van der Waals surface area contributed by atoms with Crippen molar-refractivity contribution in [3.05, 3.63) is 12.2 Å². The van der Waals surface area contributed by atoms with E-state index in [1.165, 1.54) is 0 Å². The van der Waals surface area contributed by atoms with Gasteiger partial charge < -0.3 is 15.6 Å². The Hall–Kier alpha value is -1.68. The molecule has 8 nitrogen and oxygen atoms in total. The summed E-state index contributed by atoms with van der Waals surface area (Å²) in [5.74, 6) is 0.698. The maximum absolute atomic E-state index is 12.1. The Bertz CT molecular complexity index is 705. The van der Waals surface area contributed by atoms with E-state index in [0.717, 1.165) is 11.5 Å². The molecule has 0 aliphatic carbocycles. The molecule has 3 N–H and O–H groups in total. The van der Waals surface area contributed by atoms with Crippen LogP contribution < -0.4 is 11.1 Å². The molecule has 2 heterocycles. The summed E-state index contributed by atoms with van der Waals surface area (Å²) < 4.78 is 29.8. The van der Waals surface area contributed by atoms with Crippen molar-refractivity contribution < 1.29 is 8.42 Å². The van der Waals surface area contributed by atoms with Gasteiger partial charge in [0.15, 0.2) is 21.5 Å². The van der Waals surface area contributed by atoms with E-state index < -0.39 is 9.84 Å². The first-order valence-corrected chi connectivity index (χ1v) is 8.37. The van der Waals surface area contributed by atoms with Crippen LogP contribution in [0.4, 0.5) is 10.8 Å². The van der Waals surface area contributed by atoms with Crippen LogP contribution in [0.3, 0.4) is 0 Å². The molecule has 0 saturated heterocycles. The number of nitrogen functional groups attached to an aromatic ring is 1. The number of aryl methyl sites for hydroxylation is 1. The SMILES string of the molecule is CCS(=O)(=O)c1c(N)nsc1NC(C)c1nncn1C. The standard InChI is InChI=1S/C10H16N6O2S2/c1-4-20(17,18)7-8(11)15-19-10(7)13-6(2)9-14-12-5-16(9)3/h5-6,13H,4H2,1-3H3,(H2,11,15). The molecule has 0 aliphatic rings. The van der Waals surface area contributed by atoms with Crippen molar-refractivity contribution in [2.45, 2.75) is 24.8 Å². The van der Waals surface area contributed by atoms with Gasteiger partial charge in [-0.1, -0.05) is 6.92 Å². The molecule has 0 bridgehead atoms. The van der Waals surface area contributed by atoms with Crippen LogP contribution in [-0.4, -0.2) is 33.3 Å². The molecule has 1 atom stereocenters. The van der Waals surface area contributed by atoms with E-state index in [9.17, 15) is 8.42 Å². The van der Waals surface area contributed by atoms with Crippen molar-refractivity contribution in [2.75, 3.05) is 16.8 Å². The minimum Gasteiger partial charge on any atom is -0.382 e. The predicted molar refractivity (Wildman–Crippen MR) is 77.3 cm³/mol. The highest BCUT2D eigenvalue weighted by Gasteiger charge is 2.25. The number of nitrogens with two attached hydrogens (primary N) is 1. The highest BCUT2D eigenvalue weighted by molar-refractivity contribution is 7.91. The van der Waals surface area contributed by atoms with Gasteiger partial charge in [-0.3, -0.25) is 0 Å². The minimum absolute atomic E-state index is 0.0252. The molecule has 20 heavy (non-hydrogen) atoms. The number of sulfone groups is 1. The molecule has 0 saturated carbocycles. The van der Waals surface area contributed by atoms with E-state index in [1.54, 1.807) is 17.8 Å². The van der Waals surface area contributed by atoms with Crippen LogP contribution >= 0.6 is 11.5 Å². The molecule has 10 heteroatoms. The molecular formula is C10H16N6O2S2. The fraction of sp³-hybridized carbons (Fsp3) is 0.500. The molecule has 2 aromatic heterocycles. The van der Waals surface area contributed by atoms with Gasteiger partial charge in [-0.25, -0.2) is 8.42 Å². The second kappa shape index (κ2) is 5.37.